The highest BCUT2D eigenvalue weighted by Crippen LogP contribution is 2.23. The van der Waals surface area contributed by atoms with Crippen molar-refractivity contribution in [3.63, 3.8) is 0 Å². The maximum absolute atomic E-state index is 12.1. The van der Waals surface area contributed by atoms with Crippen molar-refractivity contribution >= 4 is 23.5 Å². The second-order valence-corrected chi connectivity index (χ2v) is 8.13. The summed E-state index contributed by atoms with van der Waals surface area (Å²) >= 11 is 0. The van der Waals surface area contributed by atoms with Gasteiger partial charge in [-0.2, -0.15) is 0 Å². The van der Waals surface area contributed by atoms with Crippen molar-refractivity contribution in [2.24, 2.45) is 0 Å². The number of carbonyl (C=O) groups excluding carboxylic acids is 2. The third-order valence-electron chi connectivity index (χ3n) is 4.87. The summed E-state index contributed by atoms with van der Waals surface area (Å²) in [5, 5.41) is 11.9. The first kappa shape index (κ1) is 31.1. The summed E-state index contributed by atoms with van der Waals surface area (Å²) in [5.74, 6) is -2.13. The van der Waals surface area contributed by atoms with Crippen LogP contribution in [-0.4, -0.2) is 23.0 Å². The Labute approximate surface area is 220 Å². The molecule has 2 N–H and O–H groups in total. The number of carboxylic acids is 1. The molecule has 1 aromatic carbocycles. The number of ether oxygens (including phenoxy) is 1. The fourth-order valence-electron chi connectivity index (χ4n) is 3.08. The molecule has 37 heavy (non-hydrogen) atoms. The first-order valence-electron chi connectivity index (χ1n) is 12.7. The number of anilines is 1. The van der Waals surface area contributed by atoms with Gasteiger partial charge in [0.1, 0.15) is 11.3 Å². The largest absolute Gasteiger partial charge is 0.478 e. The molecule has 0 aromatic heterocycles. The predicted octanol–water partition coefficient (Wildman–Crippen LogP) is 7.73. The lowest BCUT2D eigenvalue weighted by Gasteiger charge is -2.09. The normalized spacial score (nSPS) is 12.2. The van der Waals surface area contributed by atoms with Gasteiger partial charge in [0.2, 0.25) is 5.91 Å². The lowest BCUT2D eigenvalue weighted by molar-refractivity contribution is -0.134. The van der Waals surface area contributed by atoms with Crippen molar-refractivity contribution in [1.82, 2.24) is 0 Å². The van der Waals surface area contributed by atoms with Gasteiger partial charge in [0.25, 0.3) is 0 Å². The number of benzene rings is 1. The van der Waals surface area contributed by atoms with E-state index in [2.05, 4.69) is 73.0 Å². The van der Waals surface area contributed by atoms with Gasteiger partial charge in [-0.1, -0.05) is 79.8 Å². The molecular formula is C31H39NO5. The fraction of sp³-hybridized carbons (Fsp3) is 0.323. The number of carbonyl (C=O) groups is 3. The summed E-state index contributed by atoms with van der Waals surface area (Å²) in [5.41, 5.74) is 0.135. The molecule has 1 aromatic rings. The average Bonchev–Trinajstić information content (AvgIpc) is 2.86. The molecule has 1 rings (SSSR count). The van der Waals surface area contributed by atoms with Gasteiger partial charge in [-0.3, -0.25) is 9.59 Å². The van der Waals surface area contributed by atoms with Crippen molar-refractivity contribution in [1.29, 1.82) is 0 Å². The van der Waals surface area contributed by atoms with E-state index in [0.717, 1.165) is 38.5 Å². The van der Waals surface area contributed by atoms with Crippen molar-refractivity contribution in [2.45, 2.75) is 65.2 Å². The van der Waals surface area contributed by atoms with E-state index < -0.39 is 11.9 Å². The molecule has 0 atom stereocenters. The maximum atomic E-state index is 12.1. The van der Waals surface area contributed by atoms with Crippen LogP contribution < -0.4 is 10.1 Å². The molecule has 0 aliphatic rings. The number of amides is 1. The van der Waals surface area contributed by atoms with Crippen LogP contribution in [-0.2, 0) is 9.59 Å². The van der Waals surface area contributed by atoms with Gasteiger partial charge in [-0.15, -0.1) is 0 Å². The van der Waals surface area contributed by atoms with Crippen LogP contribution in [0.2, 0.25) is 0 Å². The number of hydrogen-bond acceptors (Lipinski definition) is 4. The second-order valence-electron chi connectivity index (χ2n) is 8.13. The molecule has 1 amide bonds. The van der Waals surface area contributed by atoms with Gasteiger partial charge < -0.3 is 15.2 Å². The molecule has 0 unspecified atom stereocenters. The van der Waals surface area contributed by atoms with Crippen molar-refractivity contribution < 1.29 is 24.2 Å². The van der Waals surface area contributed by atoms with Gasteiger partial charge in [0.05, 0.1) is 0 Å². The Kier molecular flexibility index (Phi) is 17.0. The van der Waals surface area contributed by atoms with Crippen molar-refractivity contribution in [3.05, 3.63) is 96.7 Å². The van der Waals surface area contributed by atoms with E-state index in [0.29, 0.717) is 12.1 Å². The van der Waals surface area contributed by atoms with E-state index in [9.17, 15) is 19.5 Å². The summed E-state index contributed by atoms with van der Waals surface area (Å²) in [6.07, 6.45) is 31.7. The number of carboxylic acid groups (broad SMARTS) is 1. The Morgan fingerprint density at radius 3 is 1.73 bits per heavy atom. The van der Waals surface area contributed by atoms with Crippen LogP contribution in [0, 0.1) is 0 Å². The topological polar surface area (TPSA) is 92.7 Å². The maximum Gasteiger partial charge on any atom is 0.339 e. The SMILES string of the molecule is CCC=CCC=CCC=CCC=CCC=CCC=CCCC(=O)Oc1ccc(NC(C)=O)cc1C(=O)O. The Morgan fingerprint density at radius 2 is 1.27 bits per heavy atom. The second kappa shape index (κ2) is 20.3. The molecule has 6 nitrogen and oxygen atoms in total. The van der Waals surface area contributed by atoms with E-state index in [4.69, 9.17) is 4.74 Å². The van der Waals surface area contributed by atoms with E-state index in [1.165, 1.54) is 25.1 Å². The molecule has 6 heteroatoms. The van der Waals surface area contributed by atoms with Gasteiger partial charge in [0.15, 0.2) is 0 Å². The summed E-state index contributed by atoms with van der Waals surface area (Å²) in [6.45, 7) is 3.46. The minimum atomic E-state index is -1.24. The van der Waals surface area contributed by atoms with Crippen LogP contribution in [0.3, 0.4) is 0 Å². The van der Waals surface area contributed by atoms with E-state index >= 15 is 0 Å². The summed E-state index contributed by atoms with van der Waals surface area (Å²) in [4.78, 5) is 34.7. The predicted molar refractivity (Wildman–Crippen MR) is 151 cm³/mol. The summed E-state index contributed by atoms with van der Waals surface area (Å²) < 4.78 is 5.21. The molecule has 0 spiro atoms. The van der Waals surface area contributed by atoms with Gasteiger partial charge in [-0.25, -0.2) is 4.79 Å². The molecule has 0 radical (unpaired) electrons. The Balaban J connectivity index is 2.22. The van der Waals surface area contributed by atoms with Crippen molar-refractivity contribution in [3.8, 4) is 5.75 Å². The highest BCUT2D eigenvalue weighted by Gasteiger charge is 2.15. The van der Waals surface area contributed by atoms with Crippen LogP contribution in [0.25, 0.3) is 0 Å². The zero-order chi connectivity index (χ0) is 27.1. The minimum absolute atomic E-state index is 0.0469. The van der Waals surface area contributed by atoms with Crippen LogP contribution in [0.15, 0.2) is 91.1 Å². The third kappa shape index (κ3) is 16.4. The lowest BCUT2D eigenvalue weighted by atomic mass is 10.1. The molecule has 0 saturated carbocycles. The lowest BCUT2D eigenvalue weighted by Crippen LogP contribution is -2.12. The van der Waals surface area contributed by atoms with Crippen molar-refractivity contribution in [2.75, 3.05) is 5.32 Å². The average molecular weight is 506 g/mol. The minimum Gasteiger partial charge on any atom is -0.478 e. The van der Waals surface area contributed by atoms with Crippen LogP contribution >= 0.6 is 0 Å². The Morgan fingerprint density at radius 1 is 0.784 bits per heavy atom. The molecular weight excluding hydrogens is 466 g/mol. The Hall–Kier alpha value is -3.93. The van der Waals surface area contributed by atoms with Gasteiger partial charge >= 0.3 is 11.9 Å². The van der Waals surface area contributed by atoms with Crippen LogP contribution in [0.4, 0.5) is 5.69 Å². The molecule has 0 saturated heterocycles. The number of hydrogen-bond donors (Lipinski definition) is 2. The zero-order valence-electron chi connectivity index (χ0n) is 21.9. The highest BCUT2D eigenvalue weighted by molar-refractivity contribution is 5.95. The quantitative estimate of drug-likeness (QED) is 0.128. The summed E-state index contributed by atoms with van der Waals surface area (Å²) in [7, 11) is 0. The summed E-state index contributed by atoms with van der Waals surface area (Å²) in [6, 6.07) is 4.11. The molecule has 0 fully saturated rings. The van der Waals surface area contributed by atoms with Crippen LogP contribution in [0.5, 0.6) is 5.75 Å². The van der Waals surface area contributed by atoms with Crippen LogP contribution in [0.1, 0.15) is 75.6 Å². The third-order valence-corrected chi connectivity index (χ3v) is 4.87. The number of allylic oxidation sites excluding steroid dienone is 12. The fourth-order valence-corrected chi connectivity index (χ4v) is 3.08. The first-order valence-corrected chi connectivity index (χ1v) is 12.7. The Bertz CT molecular complexity index is 1030. The highest BCUT2D eigenvalue weighted by atomic mass is 16.5. The van der Waals surface area contributed by atoms with E-state index in [1.807, 2.05) is 12.2 Å². The monoisotopic (exact) mass is 505 g/mol. The molecule has 0 aliphatic heterocycles. The number of rotatable bonds is 17. The molecule has 198 valence electrons. The first-order chi connectivity index (χ1) is 17.9. The zero-order valence-corrected chi connectivity index (χ0v) is 21.9. The van der Waals surface area contributed by atoms with E-state index in [-0.39, 0.29) is 23.6 Å². The van der Waals surface area contributed by atoms with E-state index in [1.54, 1.807) is 0 Å². The molecule has 0 bridgehead atoms. The molecule has 0 heterocycles. The van der Waals surface area contributed by atoms with Gasteiger partial charge in [-0.05, 0) is 63.1 Å². The van der Waals surface area contributed by atoms with Gasteiger partial charge in [0, 0.05) is 19.0 Å². The number of aromatic carboxylic acids is 1. The number of esters is 1. The number of nitrogens with one attached hydrogen (secondary N) is 1. The molecule has 0 aliphatic carbocycles. The smallest absolute Gasteiger partial charge is 0.339 e. The standard InChI is InChI=1S/C31H39NO5/c1-3-4-5-6-7-8-9-10-11-12-13-14-15-16-17-18-19-20-21-22-30(34)37-29-24-23-27(32-26(2)33)25-28(29)31(35)36/h4-5,7-8,10-11,13-14,16-17,19-20,23-25H,3,6,9,12,15,18,21-22H2,1-2H3,(H,32,33)(H,35,36).